The third kappa shape index (κ3) is 3.87. The predicted molar refractivity (Wildman–Crippen MR) is 45.7 cm³/mol. The normalized spacial score (nSPS) is 15.1. The minimum absolute atomic E-state index is 0.104. The second kappa shape index (κ2) is 3.44. The maximum atomic E-state index is 10.8. The van der Waals surface area contributed by atoms with E-state index in [1.54, 1.807) is 0 Å². The molecular formula is C4H13NO6P2. The molecule has 0 radical (unpaired) electrons. The van der Waals surface area contributed by atoms with Gasteiger partial charge in [-0.1, -0.05) is 0 Å². The summed E-state index contributed by atoms with van der Waals surface area (Å²) in [5.74, 6) is 0. The Morgan fingerprint density at radius 2 is 1.15 bits per heavy atom. The molecule has 4 N–H and O–H groups in total. The summed E-state index contributed by atoms with van der Waals surface area (Å²) in [7, 11) is -9.90. The van der Waals surface area contributed by atoms with Crippen LogP contribution in [0.25, 0.3) is 0 Å². The van der Waals surface area contributed by atoms with Crippen molar-refractivity contribution >= 4 is 15.5 Å². The lowest BCUT2D eigenvalue weighted by molar-refractivity contribution is 0.209. The molecule has 0 heterocycles. The van der Waals surface area contributed by atoms with Crippen molar-refractivity contribution in [1.82, 2.24) is 4.44 Å². The van der Waals surface area contributed by atoms with Crippen LogP contribution in [0.3, 0.4) is 0 Å². The predicted octanol–water partition coefficient (Wildman–Crippen LogP) is 0.272. The zero-order chi connectivity index (χ0) is 11.1. The largest absolute Gasteiger partial charge is 0.412 e. The summed E-state index contributed by atoms with van der Waals surface area (Å²) < 4.78 is 21.4. The standard InChI is InChI=1S/C4H13NO6P2/c1-4(2,3)5(12(6,7)8)13(9,10)11/h1-3H3,(H2,6,7,8)(H2,9,10,11). The third-order valence-corrected chi connectivity index (χ3v) is 4.68. The van der Waals surface area contributed by atoms with E-state index >= 15 is 0 Å². The van der Waals surface area contributed by atoms with Gasteiger partial charge < -0.3 is 19.6 Å². The Morgan fingerprint density at radius 3 is 1.15 bits per heavy atom. The summed E-state index contributed by atoms with van der Waals surface area (Å²) in [6, 6.07) is 0. The zero-order valence-corrected chi connectivity index (χ0v) is 9.24. The zero-order valence-electron chi connectivity index (χ0n) is 7.45. The number of hydrogen-bond donors (Lipinski definition) is 4. The molecule has 0 amide bonds. The van der Waals surface area contributed by atoms with Gasteiger partial charge >= 0.3 is 15.5 Å². The monoisotopic (exact) mass is 233 g/mol. The van der Waals surface area contributed by atoms with Crippen molar-refractivity contribution in [2.75, 3.05) is 0 Å². The van der Waals surface area contributed by atoms with Crippen molar-refractivity contribution in [3.63, 3.8) is 0 Å². The highest BCUT2D eigenvalue weighted by atomic mass is 31.3. The van der Waals surface area contributed by atoms with Gasteiger partial charge in [0.2, 0.25) is 0 Å². The minimum atomic E-state index is -4.95. The van der Waals surface area contributed by atoms with Crippen LogP contribution in [0.1, 0.15) is 20.8 Å². The molecule has 13 heavy (non-hydrogen) atoms. The van der Waals surface area contributed by atoms with Gasteiger partial charge in [0.25, 0.3) is 0 Å². The van der Waals surface area contributed by atoms with E-state index in [0.29, 0.717) is 0 Å². The van der Waals surface area contributed by atoms with Crippen molar-refractivity contribution in [2.24, 2.45) is 0 Å². The number of rotatable bonds is 2. The maximum Gasteiger partial charge on any atom is 0.412 e. The molecule has 0 rings (SSSR count). The van der Waals surface area contributed by atoms with Gasteiger partial charge in [0.15, 0.2) is 0 Å². The summed E-state index contributed by atoms with van der Waals surface area (Å²) in [5.41, 5.74) is -1.31. The lowest BCUT2D eigenvalue weighted by Crippen LogP contribution is -2.35. The van der Waals surface area contributed by atoms with Crippen LogP contribution in [0.4, 0.5) is 0 Å². The van der Waals surface area contributed by atoms with Gasteiger partial charge in [-0.2, -0.15) is 0 Å². The summed E-state index contributed by atoms with van der Waals surface area (Å²) in [6.45, 7) is 3.89. The van der Waals surface area contributed by atoms with Gasteiger partial charge in [-0.25, -0.2) is 9.13 Å². The van der Waals surface area contributed by atoms with Gasteiger partial charge in [0, 0.05) is 5.54 Å². The summed E-state index contributed by atoms with van der Waals surface area (Å²) in [4.78, 5) is 34.8. The molecule has 0 aliphatic heterocycles. The van der Waals surface area contributed by atoms with Crippen molar-refractivity contribution < 1.29 is 28.7 Å². The molecule has 0 bridgehead atoms. The van der Waals surface area contributed by atoms with Crippen molar-refractivity contribution in [3.8, 4) is 0 Å². The second-order valence-corrected chi connectivity index (χ2v) is 6.66. The summed E-state index contributed by atoms with van der Waals surface area (Å²) >= 11 is 0. The molecule has 0 aromatic heterocycles. The van der Waals surface area contributed by atoms with Crippen LogP contribution in [0, 0.1) is 0 Å². The van der Waals surface area contributed by atoms with Crippen molar-refractivity contribution in [1.29, 1.82) is 0 Å². The Balaban J connectivity index is 5.28. The Labute approximate surface area is 75.8 Å². The van der Waals surface area contributed by atoms with E-state index in [-0.39, 0.29) is 4.44 Å². The Morgan fingerprint density at radius 1 is 0.923 bits per heavy atom. The molecule has 0 aromatic carbocycles. The Hall–Kier alpha value is 0.260. The molecule has 0 aliphatic carbocycles. The van der Waals surface area contributed by atoms with Crippen LogP contribution in [-0.2, 0) is 9.13 Å². The summed E-state index contributed by atoms with van der Waals surface area (Å²) in [5, 5.41) is 0. The molecule has 0 aliphatic rings. The van der Waals surface area contributed by atoms with Gasteiger partial charge in [0.05, 0.1) is 0 Å². The topological polar surface area (TPSA) is 118 Å². The van der Waals surface area contributed by atoms with Crippen LogP contribution >= 0.6 is 15.5 Å². The highest BCUT2D eigenvalue weighted by molar-refractivity contribution is 7.65. The third-order valence-electron chi connectivity index (χ3n) is 1.09. The average Bonchev–Trinajstić information content (AvgIpc) is 1.44. The molecule has 0 saturated carbocycles. The molecule has 80 valence electrons. The van der Waals surface area contributed by atoms with E-state index in [1.165, 1.54) is 20.8 Å². The maximum absolute atomic E-state index is 10.8. The van der Waals surface area contributed by atoms with E-state index in [2.05, 4.69) is 0 Å². The van der Waals surface area contributed by atoms with Crippen molar-refractivity contribution in [3.05, 3.63) is 0 Å². The van der Waals surface area contributed by atoms with Crippen LogP contribution in [-0.4, -0.2) is 29.6 Å². The first-order chi connectivity index (χ1) is 5.37. The fourth-order valence-corrected chi connectivity index (χ4v) is 3.71. The minimum Gasteiger partial charge on any atom is -0.312 e. The van der Waals surface area contributed by atoms with Crippen molar-refractivity contribution in [2.45, 2.75) is 26.3 Å². The van der Waals surface area contributed by atoms with E-state index in [0.717, 1.165) is 0 Å². The fraction of sp³-hybridized carbons (Fsp3) is 1.00. The highest BCUT2D eigenvalue weighted by Crippen LogP contribution is 2.61. The highest BCUT2D eigenvalue weighted by Gasteiger charge is 2.47. The van der Waals surface area contributed by atoms with E-state index in [9.17, 15) is 9.13 Å². The lowest BCUT2D eigenvalue weighted by Gasteiger charge is -2.34. The molecule has 0 unspecified atom stereocenters. The molecular weight excluding hydrogens is 220 g/mol. The SMILES string of the molecule is CC(C)(C)N(P(=O)(O)O)P(=O)(O)O. The molecule has 7 nitrogen and oxygen atoms in total. The first-order valence-electron chi connectivity index (χ1n) is 3.29. The van der Waals surface area contributed by atoms with E-state index in [1.807, 2.05) is 0 Å². The average molecular weight is 233 g/mol. The lowest BCUT2D eigenvalue weighted by atomic mass is 10.1. The quantitative estimate of drug-likeness (QED) is 0.505. The first kappa shape index (κ1) is 13.3. The number of nitrogens with zero attached hydrogens (tertiary/aromatic N) is 1. The molecule has 0 spiro atoms. The molecule has 0 aromatic rings. The molecule has 0 saturated heterocycles. The first-order valence-corrected chi connectivity index (χ1v) is 6.42. The van der Waals surface area contributed by atoms with Crippen LogP contribution < -0.4 is 0 Å². The van der Waals surface area contributed by atoms with Crippen LogP contribution in [0.15, 0.2) is 0 Å². The Kier molecular flexibility index (Phi) is 3.51. The van der Waals surface area contributed by atoms with Gasteiger partial charge in [-0.15, -0.1) is 4.44 Å². The van der Waals surface area contributed by atoms with Gasteiger partial charge in [-0.05, 0) is 20.8 Å². The van der Waals surface area contributed by atoms with Gasteiger partial charge in [0.1, 0.15) is 0 Å². The second-order valence-electron chi connectivity index (χ2n) is 3.49. The molecule has 0 atom stereocenters. The molecule has 9 heteroatoms. The molecule has 0 fully saturated rings. The van der Waals surface area contributed by atoms with Gasteiger partial charge in [-0.3, -0.25) is 0 Å². The van der Waals surface area contributed by atoms with E-state index < -0.39 is 21.0 Å². The van der Waals surface area contributed by atoms with Crippen LogP contribution in [0.2, 0.25) is 0 Å². The summed E-state index contributed by atoms with van der Waals surface area (Å²) in [6.07, 6.45) is 0. The van der Waals surface area contributed by atoms with Crippen LogP contribution in [0.5, 0.6) is 0 Å². The number of hydrogen-bond acceptors (Lipinski definition) is 2. The smallest absolute Gasteiger partial charge is 0.312 e. The Bertz CT molecular complexity index is 249. The van der Waals surface area contributed by atoms with E-state index in [4.69, 9.17) is 19.6 Å². The fourth-order valence-electron chi connectivity index (χ4n) is 0.933.